The van der Waals surface area contributed by atoms with Crippen LogP contribution in [-0.4, -0.2) is 11.9 Å². The van der Waals surface area contributed by atoms with Gasteiger partial charge in [0.15, 0.2) is 5.70 Å². The Kier molecular flexibility index (Phi) is 2.95. The molecule has 2 heterocycles. The van der Waals surface area contributed by atoms with Crippen LogP contribution < -0.4 is 0 Å². The minimum Gasteiger partial charge on any atom is -0.462 e. The number of halogens is 1. The molecule has 0 atom stereocenters. The number of rotatable bonds is 2. The second-order valence-corrected chi connectivity index (χ2v) is 4.29. The molecule has 4 nitrogen and oxygen atoms in total. The summed E-state index contributed by atoms with van der Waals surface area (Å²) in [6.07, 6.45) is 1.49. The van der Waals surface area contributed by atoms with Crippen molar-refractivity contribution in [3.8, 4) is 0 Å². The van der Waals surface area contributed by atoms with E-state index in [9.17, 15) is 9.18 Å². The number of cyclic esters (lactones) is 1. The molecule has 1 aliphatic rings. The highest BCUT2D eigenvalue weighted by atomic mass is 19.1. The van der Waals surface area contributed by atoms with E-state index in [2.05, 4.69) is 4.99 Å². The highest BCUT2D eigenvalue weighted by Gasteiger charge is 2.24. The number of carbonyl (C=O) groups excluding carboxylic acids is 1. The number of hydrogen-bond donors (Lipinski definition) is 0. The van der Waals surface area contributed by atoms with E-state index in [4.69, 9.17) is 9.15 Å². The lowest BCUT2D eigenvalue weighted by molar-refractivity contribution is -0.129. The molecule has 3 rings (SSSR count). The second kappa shape index (κ2) is 4.77. The Morgan fingerprint density at radius 2 is 2.10 bits per heavy atom. The average molecular weight is 271 g/mol. The Bertz CT molecular complexity index is 743. The zero-order chi connectivity index (χ0) is 14.1. The molecule has 0 saturated carbocycles. The number of aliphatic imine (C=N–C) groups is 1. The first-order valence-corrected chi connectivity index (χ1v) is 5.97. The Morgan fingerprint density at radius 3 is 2.80 bits per heavy atom. The summed E-state index contributed by atoms with van der Waals surface area (Å²) in [6, 6.07) is 9.22. The van der Waals surface area contributed by atoms with E-state index in [-0.39, 0.29) is 11.6 Å². The maximum atomic E-state index is 13.1. The average Bonchev–Trinajstić information content (AvgIpc) is 2.97. The molecular formula is C15H10FNO3. The first-order chi connectivity index (χ1) is 9.61. The number of benzene rings is 1. The minimum absolute atomic E-state index is 0.0871. The van der Waals surface area contributed by atoms with Crippen LogP contribution >= 0.6 is 0 Å². The van der Waals surface area contributed by atoms with Gasteiger partial charge in [0, 0.05) is 11.6 Å². The van der Waals surface area contributed by atoms with Crippen molar-refractivity contribution in [2.45, 2.75) is 6.92 Å². The summed E-state index contributed by atoms with van der Waals surface area (Å²) in [5, 5.41) is 0. The third-order valence-corrected chi connectivity index (χ3v) is 2.73. The zero-order valence-electron chi connectivity index (χ0n) is 10.6. The van der Waals surface area contributed by atoms with Gasteiger partial charge >= 0.3 is 5.97 Å². The van der Waals surface area contributed by atoms with Crippen LogP contribution in [0.4, 0.5) is 4.39 Å². The van der Waals surface area contributed by atoms with Gasteiger partial charge in [0.25, 0.3) is 0 Å². The summed E-state index contributed by atoms with van der Waals surface area (Å²) in [5.74, 6) is 0.332. The normalized spacial score (nSPS) is 16.4. The zero-order valence-corrected chi connectivity index (χ0v) is 10.6. The maximum Gasteiger partial charge on any atom is 0.363 e. The van der Waals surface area contributed by atoms with Gasteiger partial charge in [0.2, 0.25) is 5.90 Å². The van der Waals surface area contributed by atoms with Crippen molar-refractivity contribution in [3.63, 3.8) is 0 Å². The lowest BCUT2D eigenvalue weighted by Crippen LogP contribution is -2.05. The molecule has 100 valence electrons. The van der Waals surface area contributed by atoms with Crippen molar-refractivity contribution in [3.05, 3.63) is 65.0 Å². The van der Waals surface area contributed by atoms with Crippen molar-refractivity contribution in [1.82, 2.24) is 0 Å². The molecule has 1 aromatic heterocycles. The summed E-state index contributed by atoms with van der Waals surface area (Å²) >= 11 is 0. The van der Waals surface area contributed by atoms with Gasteiger partial charge < -0.3 is 9.15 Å². The number of esters is 1. The predicted octanol–water partition coefficient (Wildman–Crippen LogP) is 3.07. The van der Waals surface area contributed by atoms with E-state index in [0.29, 0.717) is 11.3 Å². The van der Waals surface area contributed by atoms with Gasteiger partial charge in [0.1, 0.15) is 17.3 Å². The number of nitrogens with zero attached hydrogens (tertiary/aromatic N) is 1. The lowest BCUT2D eigenvalue weighted by Gasteiger charge is -1.98. The van der Waals surface area contributed by atoms with E-state index in [1.165, 1.54) is 24.3 Å². The van der Waals surface area contributed by atoms with Crippen LogP contribution in [0, 0.1) is 12.7 Å². The predicted molar refractivity (Wildman–Crippen MR) is 70.5 cm³/mol. The lowest BCUT2D eigenvalue weighted by atomic mass is 10.2. The van der Waals surface area contributed by atoms with Gasteiger partial charge in [-0.25, -0.2) is 14.2 Å². The SMILES string of the molecule is Cc1ccc(C=C2N=C(c3cccc(F)c3)OC2=O)o1. The van der Waals surface area contributed by atoms with Gasteiger partial charge in [-0.1, -0.05) is 6.07 Å². The molecule has 0 fully saturated rings. The Morgan fingerprint density at radius 1 is 1.25 bits per heavy atom. The molecule has 0 unspecified atom stereocenters. The summed E-state index contributed by atoms with van der Waals surface area (Å²) in [7, 11) is 0. The highest BCUT2D eigenvalue weighted by Crippen LogP contribution is 2.20. The van der Waals surface area contributed by atoms with Crippen LogP contribution in [0.25, 0.3) is 6.08 Å². The fraction of sp³-hybridized carbons (Fsp3) is 0.0667. The third-order valence-electron chi connectivity index (χ3n) is 2.73. The molecule has 0 spiro atoms. The number of furan rings is 1. The Hall–Kier alpha value is -2.69. The quantitative estimate of drug-likeness (QED) is 0.623. The van der Waals surface area contributed by atoms with Gasteiger partial charge in [-0.3, -0.25) is 0 Å². The highest BCUT2D eigenvalue weighted by molar-refractivity contribution is 6.12. The smallest absolute Gasteiger partial charge is 0.363 e. The number of hydrogen-bond acceptors (Lipinski definition) is 4. The van der Waals surface area contributed by atoms with Crippen LogP contribution in [0.5, 0.6) is 0 Å². The first kappa shape index (κ1) is 12.3. The molecule has 5 heteroatoms. The molecule has 0 saturated heterocycles. The van der Waals surface area contributed by atoms with Gasteiger partial charge in [-0.2, -0.15) is 0 Å². The van der Waals surface area contributed by atoms with E-state index >= 15 is 0 Å². The van der Waals surface area contributed by atoms with Crippen molar-refractivity contribution < 1.29 is 18.3 Å². The van der Waals surface area contributed by atoms with Crippen molar-refractivity contribution in [2.75, 3.05) is 0 Å². The minimum atomic E-state index is -0.585. The van der Waals surface area contributed by atoms with E-state index in [0.717, 1.165) is 5.76 Å². The fourth-order valence-electron chi connectivity index (χ4n) is 1.82. The second-order valence-electron chi connectivity index (χ2n) is 4.29. The first-order valence-electron chi connectivity index (χ1n) is 5.97. The van der Waals surface area contributed by atoms with Gasteiger partial charge in [-0.05, 0) is 37.3 Å². The molecule has 0 aliphatic carbocycles. The van der Waals surface area contributed by atoms with Crippen LogP contribution in [0.3, 0.4) is 0 Å². The number of carbonyl (C=O) groups is 1. The summed E-state index contributed by atoms with van der Waals surface area (Å²) < 4.78 is 23.5. The van der Waals surface area contributed by atoms with Gasteiger partial charge in [-0.15, -0.1) is 0 Å². The van der Waals surface area contributed by atoms with E-state index in [1.54, 1.807) is 25.1 Å². The van der Waals surface area contributed by atoms with E-state index in [1.807, 2.05) is 0 Å². The monoisotopic (exact) mass is 271 g/mol. The molecule has 1 aromatic carbocycles. The molecular weight excluding hydrogens is 261 g/mol. The van der Waals surface area contributed by atoms with Gasteiger partial charge in [0.05, 0.1) is 0 Å². The standard InChI is InChI=1S/C15H10FNO3/c1-9-5-6-12(19-9)8-13-15(18)20-14(17-13)10-3-2-4-11(16)7-10/h2-8H,1H3. The van der Waals surface area contributed by atoms with Crippen molar-refractivity contribution in [2.24, 2.45) is 4.99 Å². The Balaban J connectivity index is 1.94. The number of ether oxygens (including phenoxy) is 1. The molecule has 2 aromatic rings. The number of aryl methyl sites for hydroxylation is 1. The van der Waals surface area contributed by atoms with Crippen molar-refractivity contribution in [1.29, 1.82) is 0 Å². The third kappa shape index (κ3) is 2.38. The largest absolute Gasteiger partial charge is 0.462 e. The van der Waals surface area contributed by atoms with Crippen LogP contribution in [0.2, 0.25) is 0 Å². The molecule has 1 aliphatic heterocycles. The molecule has 0 bridgehead atoms. The maximum absolute atomic E-state index is 13.1. The van der Waals surface area contributed by atoms with Crippen LogP contribution in [0.15, 0.2) is 51.5 Å². The fourth-order valence-corrected chi connectivity index (χ4v) is 1.82. The topological polar surface area (TPSA) is 51.8 Å². The molecule has 20 heavy (non-hydrogen) atoms. The molecule has 0 N–H and O–H groups in total. The Labute approximate surface area is 114 Å². The molecule has 0 amide bonds. The van der Waals surface area contributed by atoms with Crippen LogP contribution in [-0.2, 0) is 9.53 Å². The summed E-state index contributed by atoms with van der Waals surface area (Å²) in [5.41, 5.74) is 0.538. The molecule has 0 radical (unpaired) electrons. The summed E-state index contributed by atoms with van der Waals surface area (Å²) in [4.78, 5) is 15.8. The summed E-state index contributed by atoms with van der Waals surface area (Å²) in [6.45, 7) is 1.80. The van der Waals surface area contributed by atoms with E-state index < -0.39 is 11.8 Å². The van der Waals surface area contributed by atoms with Crippen LogP contribution in [0.1, 0.15) is 17.1 Å². The van der Waals surface area contributed by atoms with Crippen molar-refractivity contribution >= 4 is 17.9 Å².